The molecule has 2 aromatic heterocycles. The Kier molecular flexibility index (Phi) is 12.0. The first-order chi connectivity index (χ1) is 25.7. The fourth-order valence-corrected chi connectivity index (χ4v) is 6.42. The van der Waals surface area contributed by atoms with Gasteiger partial charge in [-0.3, -0.25) is 29.1 Å². The zero-order valence-electron chi connectivity index (χ0n) is 29.3. The molecule has 53 heavy (non-hydrogen) atoms. The number of hydrogen-bond acceptors (Lipinski definition) is 8. The molecular weight excluding hydrogens is 676 g/mol. The fraction of sp³-hybridized carbons (Fsp3) is 0.333. The molecule has 5 amide bonds. The molecule has 14 heteroatoms. The molecule has 6 rings (SSSR count). The number of aromatic nitrogens is 2. The first-order valence-electron chi connectivity index (χ1n) is 17.8. The van der Waals surface area contributed by atoms with Crippen molar-refractivity contribution in [2.75, 3.05) is 25.0 Å². The molecule has 2 aliphatic heterocycles. The molecule has 4 N–H and O–H groups in total. The van der Waals surface area contributed by atoms with E-state index in [9.17, 15) is 24.0 Å². The molecule has 4 aromatic rings. The van der Waals surface area contributed by atoms with Gasteiger partial charge < -0.3 is 26.0 Å². The molecule has 4 heterocycles. The van der Waals surface area contributed by atoms with Gasteiger partial charge in [0.05, 0.1) is 30.1 Å². The van der Waals surface area contributed by atoms with Crippen LogP contribution in [0.2, 0.25) is 0 Å². The normalized spacial score (nSPS) is 15.1. The van der Waals surface area contributed by atoms with Crippen LogP contribution in [-0.4, -0.2) is 80.1 Å². The van der Waals surface area contributed by atoms with Gasteiger partial charge in [0.1, 0.15) is 0 Å². The summed E-state index contributed by atoms with van der Waals surface area (Å²) in [6.07, 6.45) is 8.29. The second kappa shape index (κ2) is 17.4. The van der Waals surface area contributed by atoms with Crippen LogP contribution in [-0.2, 0) is 32.3 Å². The molecule has 0 bridgehead atoms. The molecule has 2 aromatic carbocycles. The largest absolute Gasteiger partial charge is 0.481 e. The lowest BCUT2D eigenvalue weighted by Crippen LogP contribution is -2.38. The Labute approximate surface area is 306 Å². The third-order valence-corrected chi connectivity index (χ3v) is 9.34. The van der Waals surface area contributed by atoms with Crippen molar-refractivity contribution in [3.8, 4) is 0 Å². The summed E-state index contributed by atoms with van der Waals surface area (Å²) in [6, 6.07) is 19.1. The average molecular weight is 719 g/mol. The number of fused-ring (bicyclic) bond motifs is 2. The van der Waals surface area contributed by atoms with Crippen molar-refractivity contribution in [3.05, 3.63) is 102 Å². The summed E-state index contributed by atoms with van der Waals surface area (Å²) in [5, 5.41) is 24.2. The highest BCUT2D eigenvalue weighted by Gasteiger charge is 2.33. The Morgan fingerprint density at radius 1 is 0.849 bits per heavy atom. The Bertz CT molecular complexity index is 1990. The van der Waals surface area contributed by atoms with Gasteiger partial charge in [-0.1, -0.05) is 43.2 Å². The number of aliphatic carboxylic acids is 1. The van der Waals surface area contributed by atoms with Crippen LogP contribution in [0.4, 0.5) is 10.5 Å². The maximum atomic E-state index is 13.9. The molecular formula is C39H42N8O6. The molecule has 1 unspecified atom stereocenters. The number of carboxylic acids is 1. The van der Waals surface area contributed by atoms with Crippen molar-refractivity contribution in [2.24, 2.45) is 5.10 Å². The van der Waals surface area contributed by atoms with Gasteiger partial charge in [-0.2, -0.15) is 5.10 Å². The van der Waals surface area contributed by atoms with Crippen LogP contribution in [0.1, 0.15) is 73.1 Å². The van der Waals surface area contributed by atoms with E-state index in [0.29, 0.717) is 44.7 Å². The van der Waals surface area contributed by atoms with Crippen molar-refractivity contribution >= 4 is 52.0 Å². The van der Waals surface area contributed by atoms with Crippen LogP contribution in [0.25, 0.3) is 10.9 Å². The number of pyridine rings is 2. The summed E-state index contributed by atoms with van der Waals surface area (Å²) >= 11 is 0. The summed E-state index contributed by atoms with van der Waals surface area (Å²) in [7, 11) is 0. The van der Waals surface area contributed by atoms with E-state index in [1.165, 1.54) is 0 Å². The van der Waals surface area contributed by atoms with Crippen LogP contribution >= 0.6 is 0 Å². The number of carboxylic acid groups (broad SMARTS) is 1. The maximum Gasteiger partial charge on any atom is 0.322 e. The zero-order chi connectivity index (χ0) is 37.2. The molecule has 0 fully saturated rings. The lowest BCUT2D eigenvalue weighted by atomic mass is 9.88. The van der Waals surface area contributed by atoms with E-state index in [1.807, 2.05) is 60.7 Å². The van der Waals surface area contributed by atoms with Crippen molar-refractivity contribution in [1.82, 2.24) is 30.5 Å². The predicted molar refractivity (Wildman–Crippen MR) is 198 cm³/mol. The Balaban J connectivity index is 1.04. The van der Waals surface area contributed by atoms with Gasteiger partial charge in [0, 0.05) is 68.7 Å². The molecule has 0 saturated heterocycles. The summed E-state index contributed by atoms with van der Waals surface area (Å²) in [5.74, 6) is -2.41. The monoisotopic (exact) mass is 718 g/mol. The summed E-state index contributed by atoms with van der Waals surface area (Å²) in [6.45, 7) is 1.71. The molecule has 1 atom stereocenters. The highest BCUT2D eigenvalue weighted by molar-refractivity contribution is 6.06. The third-order valence-electron chi connectivity index (χ3n) is 9.34. The number of hydrogen-bond donors (Lipinski definition) is 4. The number of urea groups is 1. The quantitative estimate of drug-likeness (QED) is 0.129. The first-order valence-corrected chi connectivity index (χ1v) is 17.8. The van der Waals surface area contributed by atoms with Crippen LogP contribution < -0.4 is 16.0 Å². The molecule has 2 aliphatic rings. The van der Waals surface area contributed by atoms with Crippen molar-refractivity contribution in [3.63, 3.8) is 0 Å². The average Bonchev–Trinajstić information content (AvgIpc) is 3.61. The third kappa shape index (κ3) is 9.79. The number of hydrazone groups is 1. The fourth-order valence-electron chi connectivity index (χ4n) is 6.42. The number of nitrogens with one attached hydrogen (secondary N) is 3. The van der Waals surface area contributed by atoms with E-state index in [-0.39, 0.29) is 37.2 Å². The van der Waals surface area contributed by atoms with Crippen LogP contribution in [0, 0.1) is 0 Å². The van der Waals surface area contributed by atoms with Gasteiger partial charge in [-0.05, 0) is 65.4 Å². The second-order valence-corrected chi connectivity index (χ2v) is 13.2. The minimum absolute atomic E-state index is 0.0765. The van der Waals surface area contributed by atoms with Gasteiger partial charge in [-0.25, -0.2) is 9.80 Å². The number of benzene rings is 2. The van der Waals surface area contributed by atoms with Crippen LogP contribution in [0.15, 0.2) is 84.4 Å². The van der Waals surface area contributed by atoms with E-state index in [0.717, 1.165) is 58.1 Å². The smallest absolute Gasteiger partial charge is 0.322 e. The predicted octanol–water partition coefficient (Wildman–Crippen LogP) is 4.56. The van der Waals surface area contributed by atoms with Crippen LogP contribution in [0.3, 0.4) is 0 Å². The van der Waals surface area contributed by atoms with Crippen LogP contribution in [0.5, 0.6) is 0 Å². The summed E-state index contributed by atoms with van der Waals surface area (Å²) < 4.78 is 0. The summed E-state index contributed by atoms with van der Waals surface area (Å²) in [4.78, 5) is 71.5. The number of amides is 5. The number of unbranched alkanes of at least 4 members (excludes halogenated alkanes) is 3. The standard InChI is InChI=1S/C39H42N8O6/c48-35(13-14-37(50)51)43-23-36(49)42-16-3-1-2-4-19-47-38(52)32(28-8-7-26-6-5-17-41-33(26)20-28)21-34(45-47)27-9-11-31(12-10-27)44-39(53)46-24-29-15-18-40-22-30(29)25-46/h5-12,15,17-18,20,22,32H,1-4,13-14,16,19,21,23-25H2,(H,42,49)(H,43,48)(H,44,53)(H,50,51). The van der Waals surface area contributed by atoms with E-state index < -0.39 is 17.8 Å². The zero-order valence-corrected chi connectivity index (χ0v) is 29.3. The van der Waals surface area contributed by atoms with E-state index in [1.54, 1.807) is 28.5 Å². The molecule has 14 nitrogen and oxygen atoms in total. The van der Waals surface area contributed by atoms with Crippen molar-refractivity contribution < 1.29 is 29.1 Å². The minimum atomic E-state index is -1.07. The molecule has 0 spiro atoms. The Morgan fingerprint density at radius 2 is 1.66 bits per heavy atom. The first kappa shape index (κ1) is 36.6. The summed E-state index contributed by atoms with van der Waals surface area (Å²) in [5.41, 5.74) is 6.12. The number of carbonyl (C=O) groups is 5. The minimum Gasteiger partial charge on any atom is -0.481 e. The topological polar surface area (TPSA) is 186 Å². The van der Waals surface area contributed by atoms with Gasteiger partial charge in [-0.15, -0.1) is 0 Å². The number of rotatable bonds is 15. The Morgan fingerprint density at radius 3 is 2.47 bits per heavy atom. The Hall–Kier alpha value is -6.18. The van der Waals surface area contributed by atoms with Gasteiger partial charge in [0.25, 0.3) is 5.91 Å². The van der Waals surface area contributed by atoms with Gasteiger partial charge >= 0.3 is 12.0 Å². The van der Waals surface area contributed by atoms with E-state index in [4.69, 9.17) is 10.2 Å². The molecule has 0 aliphatic carbocycles. The SMILES string of the molecule is O=C(O)CCC(=O)NCC(=O)NCCCCCCN1N=C(c2ccc(NC(=O)N3Cc4ccncc4C3)cc2)CC(c2ccc3cccnc3c2)C1=O. The van der Waals surface area contributed by atoms with E-state index >= 15 is 0 Å². The second-order valence-electron chi connectivity index (χ2n) is 13.2. The van der Waals surface area contributed by atoms with Crippen molar-refractivity contribution in [2.45, 2.75) is 64.0 Å². The van der Waals surface area contributed by atoms with Crippen molar-refractivity contribution in [1.29, 1.82) is 0 Å². The number of carbonyl (C=O) groups excluding carboxylic acids is 4. The highest BCUT2D eigenvalue weighted by Crippen LogP contribution is 2.31. The molecule has 0 radical (unpaired) electrons. The highest BCUT2D eigenvalue weighted by atomic mass is 16.4. The number of nitrogens with zero attached hydrogens (tertiary/aromatic N) is 5. The molecule has 0 saturated carbocycles. The van der Waals surface area contributed by atoms with Gasteiger partial charge in [0.15, 0.2) is 0 Å². The number of anilines is 1. The van der Waals surface area contributed by atoms with E-state index in [2.05, 4.69) is 25.9 Å². The lowest BCUT2D eigenvalue weighted by Gasteiger charge is -2.30. The van der Waals surface area contributed by atoms with Gasteiger partial charge in [0.2, 0.25) is 11.8 Å². The lowest BCUT2D eigenvalue weighted by molar-refractivity contribution is -0.138. The maximum absolute atomic E-state index is 13.9. The molecule has 274 valence electrons.